The second-order valence-corrected chi connectivity index (χ2v) is 4.92. The molecule has 1 saturated heterocycles. The third-order valence-electron chi connectivity index (χ3n) is 3.56. The van der Waals surface area contributed by atoms with Gasteiger partial charge in [-0.25, -0.2) is 4.79 Å². The Morgan fingerprint density at radius 2 is 2.29 bits per heavy atom. The number of hydrogen-bond donors (Lipinski definition) is 2. The predicted octanol–water partition coefficient (Wildman–Crippen LogP) is 0.507. The molecule has 7 nitrogen and oxygen atoms in total. The second kappa shape index (κ2) is 6.11. The van der Waals surface area contributed by atoms with Crippen molar-refractivity contribution in [1.82, 2.24) is 14.7 Å². The van der Waals surface area contributed by atoms with E-state index in [1.165, 1.54) is 4.68 Å². The summed E-state index contributed by atoms with van der Waals surface area (Å²) in [4.78, 5) is 13.7. The number of primary amides is 1. The maximum atomic E-state index is 11.4. The number of morpholine rings is 1. The van der Waals surface area contributed by atoms with Gasteiger partial charge in [0, 0.05) is 31.6 Å². The molecule has 3 N–H and O–H groups in total. The fourth-order valence-corrected chi connectivity index (χ4v) is 2.46. The lowest BCUT2D eigenvalue weighted by atomic mass is 10.2. The number of benzene rings is 1. The Morgan fingerprint density at radius 1 is 1.48 bits per heavy atom. The first-order valence-electron chi connectivity index (χ1n) is 6.98. The number of nitrogens with zero attached hydrogens (tertiary/aromatic N) is 3. The van der Waals surface area contributed by atoms with Gasteiger partial charge in [0.1, 0.15) is 0 Å². The Kier molecular flexibility index (Phi) is 4.03. The molecule has 3 rings (SSSR count). The summed E-state index contributed by atoms with van der Waals surface area (Å²) in [5, 5.41) is 8.38. The quantitative estimate of drug-likeness (QED) is 0.856. The molecule has 1 amide bonds. The molecule has 7 heteroatoms. The first-order valence-corrected chi connectivity index (χ1v) is 6.98. The van der Waals surface area contributed by atoms with Gasteiger partial charge >= 0.3 is 6.03 Å². The van der Waals surface area contributed by atoms with E-state index >= 15 is 0 Å². The average molecular weight is 288 g/mol. The van der Waals surface area contributed by atoms with Gasteiger partial charge in [-0.15, -0.1) is 5.10 Å². The molecule has 0 atom stereocenters. The summed E-state index contributed by atoms with van der Waals surface area (Å²) < 4.78 is 6.52. The zero-order valence-electron chi connectivity index (χ0n) is 11.7. The minimum absolute atomic E-state index is 0.596. The molecule has 1 aliphatic rings. The lowest BCUT2D eigenvalue weighted by Crippen LogP contribution is -2.39. The van der Waals surface area contributed by atoms with Crippen molar-refractivity contribution in [2.75, 3.05) is 44.7 Å². The van der Waals surface area contributed by atoms with Crippen LogP contribution in [0.3, 0.4) is 0 Å². The van der Waals surface area contributed by atoms with Gasteiger partial charge in [-0.05, 0) is 18.2 Å². The van der Waals surface area contributed by atoms with E-state index in [2.05, 4.69) is 21.4 Å². The minimum atomic E-state index is -0.596. The molecule has 0 aliphatic carbocycles. The molecular weight excluding hydrogens is 270 g/mol. The number of nitrogens with one attached hydrogen (secondary N) is 1. The molecule has 0 bridgehead atoms. The number of anilines is 1. The molecule has 2 aromatic rings. The highest BCUT2D eigenvalue weighted by atomic mass is 16.5. The van der Waals surface area contributed by atoms with Crippen LogP contribution in [-0.4, -0.2) is 60.1 Å². The maximum absolute atomic E-state index is 11.4. The van der Waals surface area contributed by atoms with E-state index in [9.17, 15) is 4.79 Å². The lowest BCUT2D eigenvalue weighted by molar-refractivity contribution is 0.0398. The maximum Gasteiger partial charge on any atom is 0.340 e. The number of carbonyl (C=O) groups is 1. The number of carbonyl (C=O) groups excluding carboxylic acids is 1. The third kappa shape index (κ3) is 2.98. The zero-order chi connectivity index (χ0) is 14.7. The predicted molar refractivity (Wildman–Crippen MR) is 79.3 cm³/mol. The van der Waals surface area contributed by atoms with Crippen LogP contribution in [0.15, 0.2) is 18.2 Å². The van der Waals surface area contributed by atoms with Gasteiger partial charge in [-0.1, -0.05) is 6.07 Å². The van der Waals surface area contributed by atoms with Crippen LogP contribution in [0.2, 0.25) is 0 Å². The van der Waals surface area contributed by atoms with E-state index in [0.717, 1.165) is 44.8 Å². The van der Waals surface area contributed by atoms with Gasteiger partial charge in [0.05, 0.1) is 18.7 Å². The van der Waals surface area contributed by atoms with Crippen molar-refractivity contribution in [1.29, 1.82) is 0 Å². The molecule has 1 aromatic carbocycles. The Labute approximate surface area is 122 Å². The van der Waals surface area contributed by atoms with Gasteiger partial charge in [0.15, 0.2) is 5.82 Å². The van der Waals surface area contributed by atoms with Crippen LogP contribution in [0.5, 0.6) is 0 Å². The largest absolute Gasteiger partial charge is 0.379 e. The first kappa shape index (κ1) is 13.8. The van der Waals surface area contributed by atoms with Gasteiger partial charge in [0.2, 0.25) is 0 Å². The molecule has 0 saturated carbocycles. The number of nitrogens with two attached hydrogens (primary N) is 1. The number of hydrogen-bond acceptors (Lipinski definition) is 5. The minimum Gasteiger partial charge on any atom is -0.379 e. The van der Waals surface area contributed by atoms with Crippen LogP contribution >= 0.6 is 0 Å². The van der Waals surface area contributed by atoms with E-state index in [0.29, 0.717) is 11.3 Å². The molecule has 1 aliphatic heterocycles. The second-order valence-electron chi connectivity index (χ2n) is 4.92. The van der Waals surface area contributed by atoms with E-state index in [1.54, 1.807) is 12.1 Å². The standard InChI is InChI=1S/C14H18N5O2/c15-14(20)19-12-4-2-1-3-11(12)13(17-19)16-5-6-18-7-9-21-10-8-18/h1,3-4H,5-10H2,(H2,15,20)(H,16,17). The van der Waals surface area contributed by atoms with Crippen molar-refractivity contribution in [3.05, 3.63) is 24.3 Å². The number of rotatable bonds is 4. The Balaban J connectivity index is 1.70. The summed E-state index contributed by atoms with van der Waals surface area (Å²) in [7, 11) is 0. The number of ether oxygens (including phenoxy) is 1. The van der Waals surface area contributed by atoms with Crippen molar-refractivity contribution < 1.29 is 9.53 Å². The monoisotopic (exact) mass is 288 g/mol. The SMILES string of the molecule is NC(=O)n1nc(NCCN2CCOCC2)c2cc[c]cc21. The zero-order valence-corrected chi connectivity index (χ0v) is 11.7. The summed E-state index contributed by atoms with van der Waals surface area (Å²) in [6, 6.07) is 7.71. The fraction of sp³-hybridized carbons (Fsp3) is 0.429. The van der Waals surface area contributed by atoms with Gasteiger partial charge in [-0.3, -0.25) is 4.90 Å². The van der Waals surface area contributed by atoms with E-state index in [-0.39, 0.29) is 0 Å². The summed E-state index contributed by atoms with van der Waals surface area (Å²) in [6.07, 6.45) is 0. The Morgan fingerprint density at radius 3 is 3.05 bits per heavy atom. The highest BCUT2D eigenvalue weighted by molar-refractivity contribution is 5.96. The van der Waals surface area contributed by atoms with Crippen LogP contribution in [0.25, 0.3) is 10.9 Å². The third-order valence-corrected chi connectivity index (χ3v) is 3.56. The highest BCUT2D eigenvalue weighted by Crippen LogP contribution is 2.21. The van der Waals surface area contributed by atoms with Crippen LogP contribution in [-0.2, 0) is 4.74 Å². The van der Waals surface area contributed by atoms with Crippen molar-refractivity contribution in [3.8, 4) is 0 Å². The number of fused-ring (bicyclic) bond motifs is 1. The fourth-order valence-electron chi connectivity index (χ4n) is 2.46. The van der Waals surface area contributed by atoms with Crippen molar-refractivity contribution in [2.45, 2.75) is 0 Å². The summed E-state index contributed by atoms with van der Waals surface area (Å²) >= 11 is 0. The van der Waals surface area contributed by atoms with Gasteiger partial charge in [0.25, 0.3) is 0 Å². The molecular formula is C14H18N5O2. The Bertz CT molecular complexity index is 633. The van der Waals surface area contributed by atoms with Crippen LogP contribution in [0, 0.1) is 6.07 Å². The highest BCUT2D eigenvalue weighted by Gasteiger charge is 2.14. The molecule has 1 aromatic heterocycles. The number of aromatic nitrogens is 2. The van der Waals surface area contributed by atoms with E-state index < -0.39 is 6.03 Å². The molecule has 111 valence electrons. The summed E-state index contributed by atoms with van der Waals surface area (Å²) in [5.74, 6) is 0.672. The first-order chi connectivity index (χ1) is 10.3. The summed E-state index contributed by atoms with van der Waals surface area (Å²) in [6.45, 7) is 5.14. The van der Waals surface area contributed by atoms with Crippen molar-refractivity contribution in [3.63, 3.8) is 0 Å². The molecule has 1 radical (unpaired) electrons. The molecule has 21 heavy (non-hydrogen) atoms. The van der Waals surface area contributed by atoms with Gasteiger partial charge < -0.3 is 15.8 Å². The van der Waals surface area contributed by atoms with Crippen molar-refractivity contribution >= 4 is 22.8 Å². The van der Waals surface area contributed by atoms with Crippen LogP contribution in [0.4, 0.5) is 10.6 Å². The molecule has 1 fully saturated rings. The molecule has 0 spiro atoms. The number of amides is 1. The Hall–Kier alpha value is -2.12. The molecule has 2 heterocycles. The average Bonchev–Trinajstić information content (AvgIpc) is 2.88. The smallest absolute Gasteiger partial charge is 0.340 e. The van der Waals surface area contributed by atoms with Crippen molar-refractivity contribution in [2.24, 2.45) is 5.73 Å². The normalized spacial score (nSPS) is 16.2. The van der Waals surface area contributed by atoms with E-state index in [4.69, 9.17) is 10.5 Å². The topological polar surface area (TPSA) is 85.4 Å². The lowest BCUT2D eigenvalue weighted by Gasteiger charge is -2.26. The van der Waals surface area contributed by atoms with Crippen LogP contribution < -0.4 is 11.1 Å². The summed E-state index contributed by atoms with van der Waals surface area (Å²) in [5.41, 5.74) is 6.00. The van der Waals surface area contributed by atoms with Crippen LogP contribution in [0.1, 0.15) is 0 Å². The molecule has 0 unspecified atom stereocenters. The van der Waals surface area contributed by atoms with E-state index in [1.807, 2.05) is 6.07 Å². The van der Waals surface area contributed by atoms with Gasteiger partial charge in [-0.2, -0.15) is 4.68 Å².